The summed E-state index contributed by atoms with van der Waals surface area (Å²) >= 11 is 0. The van der Waals surface area contributed by atoms with Crippen molar-refractivity contribution >= 4 is 0 Å². The number of hydrogen-bond acceptors (Lipinski definition) is 4. The van der Waals surface area contributed by atoms with Gasteiger partial charge in [0.05, 0.1) is 12.2 Å². The van der Waals surface area contributed by atoms with Crippen molar-refractivity contribution in [2.45, 2.75) is 56.8 Å². The van der Waals surface area contributed by atoms with Crippen LogP contribution in [0.3, 0.4) is 0 Å². The van der Waals surface area contributed by atoms with Gasteiger partial charge in [0.15, 0.2) is 0 Å². The lowest BCUT2D eigenvalue weighted by Gasteiger charge is -2.32. The smallest absolute Gasteiger partial charge is 0.0707 e. The van der Waals surface area contributed by atoms with Crippen LogP contribution in [-0.2, 0) is 4.74 Å². The van der Waals surface area contributed by atoms with E-state index in [-0.39, 0.29) is 0 Å². The Morgan fingerprint density at radius 2 is 1.80 bits per heavy atom. The number of nitrogens with zero attached hydrogens (tertiary/aromatic N) is 2. The Morgan fingerprint density at radius 1 is 1.00 bits per heavy atom. The Labute approximate surface area is 123 Å². The third-order valence-electron chi connectivity index (χ3n) is 5.24. The summed E-state index contributed by atoms with van der Waals surface area (Å²) in [6.07, 6.45) is 9.04. The zero-order valence-electron chi connectivity index (χ0n) is 13.0. The van der Waals surface area contributed by atoms with E-state index in [4.69, 9.17) is 4.74 Å². The minimum absolute atomic E-state index is 0.450. The standard InChI is InChI=1S/C16H31N3O/c1-17-11-15-5-6-16(20-15)13-18-10-7-14(12-18)19-8-3-2-4-9-19/h14-17H,2-13H2,1H3. The molecule has 116 valence electrons. The molecule has 0 saturated carbocycles. The Bertz CT molecular complexity index is 293. The zero-order valence-corrected chi connectivity index (χ0v) is 13.0. The lowest BCUT2D eigenvalue weighted by molar-refractivity contribution is 0.0268. The van der Waals surface area contributed by atoms with Crippen LogP contribution in [0.2, 0.25) is 0 Å². The molecular weight excluding hydrogens is 250 g/mol. The summed E-state index contributed by atoms with van der Waals surface area (Å²) in [7, 11) is 2.01. The number of nitrogens with one attached hydrogen (secondary N) is 1. The minimum Gasteiger partial charge on any atom is -0.372 e. The molecule has 3 unspecified atom stereocenters. The van der Waals surface area contributed by atoms with E-state index in [1.54, 1.807) is 0 Å². The van der Waals surface area contributed by atoms with E-state index in [1.165, 1.54) is 64.7 Å². The van der Waals surface area contributed by atoms with Gasteiger partial charge in [0.2, 0.25) is 0 Å². The van der Waals surface area contributed by atoms with Gasteiger partial charge in [-0.2, -0.15) is 0 Å². The summed E-state index contributed by atoms with van der Waals surface area (Å²) in [6.45, 7) is 7.39. The topological polar surface area (TPSA) is 27.7 Å². The van der Waals surface area contributed by atoms with Crippen LogP contribution in [0.5, 0.6) is 0 Å². The predicted octanol–water partition coefficient (Wildman–Crippen LogP) is 1.31. The summed E-state index contributed by atoms with van der Waals surface area (Å²) < 4.78 is 6.13. The fourth-order valence-corrected chi connectivity index (χ4v) is 4.14. The van der Waals surface area contributed by atoms with Crippen LogP contribution in [0.1, 0.15) is 38.5 Å². The van der Waals surface area contributed by atoms with Crippen LogP contribution >= 0.6 is 0 Å². The molecule has 3 aliphatic rings. The molecule has 1 N–H and O–H groups in total. The van der Waals surface area contributed by atoms with Gasteiger partial charge in [0.1, 0.15) is 0 Å². The average molecular weight is 281 g/mol. The molecule has 0 spiro atoms. The Hall–Kier alpha value is -0.160. The third kappa shape index (κ3) is 3.73. The molecule has 0 aromatic carbocycles. The van der Waals surface area contributed by atoms with Crippen molar-refractivity contribution in [1.29, 1.82) is 0 Å². The van der Waals surface area contributed by atoms with Crippen molar-refractivity contribution in [3.63, 3.8) is 0 Å². The van der Waals surface area contributed by atoms with Crippen LogP contribution in [0.4, 0.5) is 0 Å². The summed E-state index contributed by atoms with van der Waals surface area (Å²) in [4.78, 5) is 5.38. The van der Waals surface area contributed by atoms with Gasteiger partial charge in [0, 0.05) is 25.7 Å². The molecule has 20 heavy (non-hydrogen) atoms. The van der Waals surface area contributed by atoms with Crippen LogP contribution < -0.4 is 5.32 Å². The van der Waals surface area contributed by atoms with E-state index < -0.39 is 0 Å². The van der Waals surface area contributed by atoms with Crippen LogP contribution in [0.25, 0.3) is 0 Å². The molecule has 0 bridgehead atoms. The van der Waals surface area contributed by atoms with E-state index in [9.17, 15) is 0 Å². The molecule has 0 aromatic heterocycles. The summed E-state index contributed by atoms with van der Waals surface area (Å²) in [5.41, 5.74) is 0. The fraction of sp³-hybridized carbons (Fsp3) is 1.00. The van der Waals surface area contributed by atoms with Gasteiger partial charge < -0.3 is 10.1 Å². The van der Waals surface area contributed by atoms with E-state index in [2.05, 4.69) is 15.1 Å². The first kappa shape index (κ1) is 14.8. The highest BCUT2D eigenvalue weighted by molar-refractivity contribution is 4.87. The first-order valence-electron chi connectivity index (χ1n) is 8.61. The normalized spacial score (nSPS) is 36.8. The highest BCUT2D eigenvalue weighted by Gasteiger charge is 2.32. The van der Waals surface area contributed by atoms with Gasteiger partial charge in [0.25, 0.3) is 0 Å². The maximum Gasteiger partial charge on any atom is 0.0707 e. The second-order valence-corrected chi connectivity index (χ2v) is 6.81. The number of ether oxygens (including phenoxy) is 1. The van der Waals surface area contributed by atoms with Crippen molar-refractivity contribution in [2.24, 2.45) is 0 Å². The SMILES string of the molecule is CNCC1CCC(CN2CCC(N3CCCCC3)C2)O1. The molecule has 4 nitrogen and oxygen atoms in total. The van der Waals surface area contributed by atoms with E-state index in [0.717, 1.165) is 19.1 Å². The van der Waals surface area contributed by atoms with E-state index in [1.807, 2.05) is 7.05 Å². The van der Waals surface area contributed by atoms with Crippen molar-refractivity contribution < 1.29 is 4.74 Å². The first-order valence-corrected chi connectivity index (χ1v) is 8.61. The molecule has 3 saturated heterocycles. The second-order valence-electron chi connectivity index (χ2n) is 6.81. The molecule has 4 heteroatoms. The molecule has 0 aliphatic carbocycles. The third-order valence-corrected chi connectivity index (χ3v) is 5.24. The van der Waals surface area contributed by atoms with Gasteiger partial charge >= 0.3 is 0 Å². The maximum atomic E-state index is 6.13. The van der Waals surface area contributed by atoms with E-state index >= 15 is 0 Å². The Morgan fingerprint density at radius 3 is 2.60 bits per heavy atom. The lowest BCUT2D eigenvalue weighted by atomic mass is 10.1. The number of likely N-dealkylation sites (N-methyl/N-ethyl adjacent to an activating group) is 1. The number of piperidine rings is 1. The molecular formula is C16H31N3O. The number of hydrogen-bond donors (Lipinski definition) is 1. The van der Waals surface area contributed by atoms with Crippen LogP contribution in [-0.4, -0.2) is 74.4 Å². The number of rotatable bonds is 5. The molecule has 0 aromatic rings. The Balaban J connectivity index is 1.39. The second kappa shape index (κ2) is 7.21. The number of likely N-dealkylation sites (tertiary alicyclic amines) is 2. The summed E-state index contributed by atoms with van der Waals surface area (Å²) in [5.74, 6) is 0. The van der Waals surface area contributed by atoms with Crippen LogP contribution in [0.15, 0.2) is 0 Å². The largest absolute Gasteiger partial charge is 0.372 e. The van der Waals surface area contributed by atoms with Gasteiger partial charge in [-0.25, -0.2) is 0 Å². The van der Waals surface area contributed by atoms with Gasteiger partial charge in [-0.1, -0.05) is 6.42 Å². The quantitative estimate of drug-likeness (QED) is 0.822. The van der Waals surface area contributed by atoms with Gasteiger partial charge in [-0.15, -0.1) is 0 Å². The van der Waals surface area contributed by atoms with Gasteiger partial charge in [-0.3, -0.25) is 9.80 Å². The minimum atomic E-state index is 0.450. The first-order chi connectivity index (χ1) is 9.85. The van der Waals surface area contributed by atoms with Crippen molar-refractivity contribution in [3.05, 3.63) is 0 Å². The van der Waals surface area contributed by atoms with Crippen LogP contribution in [0, 0.1) is 0 Å². The molecule has 3 rings (SSSR count). The monoisotopic (exact) mass is 281 g/mol. The molecule has 0 radical (unpaired) electrons. The van der Waals surface area contributed by atoms with Crippen molar-refractivity contribution in [3.8, 4) is 0 Å². The van der Waals surface area contributed by atoms with Crippen molar-refractivity contribution in [1.82, 2.24) is 15.1 Å². The average Bonchev–Trinajstić information content (AvgIpc) is 3.11. The Kier molecular flexibility index (Phi) is 5.32. The highest BCUT2D eigenvalue weighted by atomic mass is 16.5. The summed E-state index contributed by atoms with van der Waals surface area (Å²) in [5, 5.41) is 3.23. The highest BCUT2D eigenvalue weighted by Crippen LogP contribution is 2.24. The molecule has 3 aliphatic heterocycles. The molecule has 0 amide bonds. The molecule has 3 fully saturated rings. The fourth-order valence-electron chi connectivity index (χ4n) is 4.14. The zero-order chi connectivity index (χ0) is 13.8. The predicted molar refractivity (Wildman–Crippen MR) is 82.1 cm³/mol. The van der Waals surface area contributed by atoms with Crippen molar-refractivity contribution in [2.75, 3.05) is 46.3 Å². The molecule has 3 atom stereocenters. The summed E-state index contributed by atoms with van der Waals surface area (Å²) in [6, 6.07) is 0.824. The van der Waals surface area contributed by atoms with E-state index in [0.29, 0.717) is 12.2 Å². The maximum absolute atomic E-state index is 6.13. The molecule has 3 heterocycles. The lowest BCUT2D eigenvalue weighted by Crippen LogP contribution is -2.41. The van der Waals surface area contributed by atoms with Gasteiger partial charge in [-0.05, 0) is 58.8 Å².